The lowest BCUT2D eigenvalue weighted by atomic mass is 10.2. The van der Waals surface area contributed by atoms with E-state index in [2.05, 4.69) is 5.32 Å². The maximum Gasteiger partial charge on any atom is 0.419 e. The lowest BCUT2D eigenvalue weighted by molar-refractivity contribution is -0.384. The van der Waals surface area contributed by atoms with Gasteiger partial charge in [-0.3, -0.25) is 19.5 Å². The summed E-state index contributed by atoms with van der Waals surface area (Å²) in [5, 5.41) is 13.3. The topological polar surface area (TPSA) is 133 Å². The van der Waals surface area contributed by atoms with E-state index < -0.39 is 10.7 Å². The number of nitrogens with two attached hydrogens (primary N) is 1. The Morgan fingerprint density at radius 2 is 2.17 bits per heavy atom. The number of hydrogen-bond acceptors (Lipinski definition) is 6. The van der Waals surface area contributed by atoms with Crippen molar-refractivity contribution in [1.29, 1.82) is 0 Å². The first-order valence-electron chi connectivity index (χ1n) is 6.77. The molecule has 3 N–H and O–H groups in total. The number of carbonyl (C=O) groups is 1. The SMILES string of the molecule is Cl.NCCNC(=O)CCCn1c(=O)oc2cc([N+](=O)[O-])ccc21. The lowest BCUT2D eigenvalue weighted by Crippen LogP contribution is -2.29. The molecule has 1 heterocycles. The van der Waals surface area contributed by atoms with E-state index in [4.69, 9.17) is 10.2 Å². The standard InChI is InChI=1S/C13H16N4O5.ClH/c14-5-6-15-12(18)2-1-7-16-10-4-3-9(17(20)21)8-11(10)22-13(16)19;/h3-4,8H,1-2,5-7,14H2,(H,15,18);1H. The number of carbonyl (C=O) groups excluding carboxylic acids is 1. The molecular formula is C13H17ClN4O5. The van der Waals surface area contributed by atoms with E-state index in [1.54, 1.807) is 0 Å². The number of benzene rings is 1. The average molecular weight is 345 g/mol. The molecule has 0 fully saturated rings. The van der Waals surface area contributed by atoms with E-state index in [0.29, 0.717) is 31.6 Å². The number of aryl methyl sites for hydroxylation is 1. The van der Waals surface area contributed by atoms with Crippen molar-refractivity contribution in [2.75, 3.05) is 13.1 Å². The number of non-ortho nitro benzene ring substituents is 1. The third-order valence-electron chi connectivity index (χ3n) is 3.11. The van der Waals surface area contributed by atoms with Crippen molar-refractivity contribution < 1.29 is 14.1 Å². The number of amides is 1. The molecule has 0 aliphatic carbocycles. The maximum absolute atomic E-state index is 11.8. The zero-order valence-electron chi connectivity index (χ0n) is 12.2. The number of aromatic nitrogens is 1. The van der Waals surface area contributed by atoms with Crippen molar-refractivity contribution in [3.8, 4) is 0 Å². The molecule has 0 aliphatic rings. The van der Waals surface area contributed by atoms with Gasteiger partial charge in [-0.1, -0.05) is 0 Å². The zero-order valence-corrected chi connectivity index (χ0v) is 13.0. The second kappa shape index (κ2) is 8.30. The van der Waals surface area contributed by atoms with Gasteiger partial charge in [-0.2, -0.15) is 0 Å². The van der Waals surface area contributed by atoms with E-state index in [0.717, 1.165) is 0 Å². The predicted molar refractivity (Wildman–Crippen MR) is 85.7 cm³/mol. The number of nitrogens with zero attached hydrogens (tertiary/aromatic N) is 2. The maximum atomic E-state index is 11.8. The summed E-state index contributed by atoms with van der Waals surface area (Å²) in [6.45, 7) is 1.08. The summed E-state index contributed by atoms with van der Waals surface area (Å²) in [6, 6.07) is 3.98. The Morgan fingerprint density at radius 3 is 2.83 bits per heavy atom. The smallest absolute Gasteiger partial charge is 0.407 e. The largest absolute Gasteiger partial charge is 0.419 e. The number of fused-ring (bicyclic) bond motifs is 1. The van der Waals surface area contributed by atoms with Crippen LogP contribution < -0.4 is 16.8 Å². The third-order valence-corrected chi connectivity index (χ3v) is 3.11. The molecule has 1 amide bonds. The number of hydrogen-bond donors (Lipinski definition) is 2. The van der Waals surface area contributed by atoms with Crippen LogP contribution in [0.5, 0.6) is 0 Å². The van der Waals surface area contributed by atoms with Gasteiger partial charge in [0.2, 0.25) is 5.91 Å². The van der Waals surface area contributed by atoms with E-state index in [9.17, 15) is 19.7 Å². The number of oxazole rings is 1. The highest BCUT2D eigenvalue weighted by Crippen LogP contribution is 2.20. The molecule has 126 valence electrons. The van der Waals surface area contributed by atoms with Crippen molar-refractivity contribution >= 4 is 35.1 Å². The molecular weight excluding hydrogens is 328 g/mol. The van der Waals surface area contributed by atoms with E-state index >= 15 is 0 Å². The van der Waals surface area contributed by atoms with Gasteiger partial charge in [-0.25, -0.2) is 4.79 Å². The Kier molecular flexibility index (Phi) is 6.73. The summed E-state index contributed by atoms with van der Waals surface area (Å²) in [6.07, 6.45) is 0.702. The second-order valence-corrected chi connectivity index (χ2v) is 4.67. The van der Waals surface area contributed by atoms with Gasteiger partial charge >= 0.3 is 5.76 Å². The summed E-state index contributed by atoms with van der Waals surface area (Å²) in [7, 11) is 0. The molecule has 1 aromatic heterocycles. The normalized spacial score (nSPS) is 10.3. The van der Waals surface area contributed by atoms with Gasteiger partial charge in [0.15, 0.2) is 5.58 Å². The van der Waals surface area contributed by atoms with Crippen molar-refractivity contribution in [3.05, 3.63) is 38.9 Å². The molecule has 0 saturated heterocycles. The van der Waals surface area contributed by atoms with E-state index in [1.165, 1.54) is 22.8 Å². The minimum atomic E-state index is -0.599. The molecule has 10 heteroatoms. The summed E-state index contributed by atoms with van der Waals surface area (Å²) in [5.41, 5.74) is 5.76. The van der Waals surface area contributed by atoms with Crippen LogP contribution in [0, 0.1) is 10.1 Å². The first-order chi connectivity index (χ1) is 10.5. The highest BCUT2D eigenvalue weighted by molar-refractivity contribution is 5.85. The number of halogens is 1. The average Bonchev–Trinajstić information content (AvgIpc) is 2.80. The fourth-order valence-electron chi connectivity index (χ4n) is 2.08. The molecule has 0 unspecified atom stereocenters. The van der Waals surface area contributed by atoms with Gasteiger partial charge in [-0.05, 0) is 12.5 Å². The van der Waals surface area contributed by atoms with Crippen LogP contribution in [0.25, 0.3) is 11.1 Å². The zero-order chi connectivity index (χ0) is 16.1. The van der Waals surface area contributed by atoms with Crippen LogP contribution >= 0.6 is 12.4 Å². The molecule has 0 aliphatic heterocycles. The lowest BCUT2D eigenvalue weighted by Gasteiger charge is -2.04. The summed E-state index contributed by atoms with van der Waals surface area (Å²) >= 11 is 0. The van der Waals surface area contributed by atoms with Crippen molar-refractivity contribution in [2.45, 2.75) is 19.4 Å². The molecule has 0 saturated carbocycles. The number of nitrogens with one attached hydrogen (secondary N) is 1. The Labute approximate surface area is 137 Å². The summed E-state index contributed by atoms with van der Waals surface area (Å²) in [5.74, 6) is -0.736. The highest BCUT2D eigenvalue weighted by atomic mass is 35.5. The Hall–Kier alpha value is -2.39. The van der Waals surface area contributed by atoms with Gasteiger partial charge in [0.25, 0.3) is 5.69 Å². The van der Waals surface area contributed by atoms with Crippen LogP contribution in [0.4, 0.5) is 5.69 Å². The van der Waals surface area contributed by atoms with E-state index in [1.807, 2.05) is 0 Å². The number of nitro benzene ring substituents is 1. The van der Waals surface area contributed by atoms with Crippen molar-refractivity contribution in [1.82, 2.24) is 9.88 Å². The minimum absolute atomic E-state index is 0. The Balaban J connectivity index is 0.00000264. The molecule has 0 atom stereocenters. The minimum Gasteiger partial charge on any atom is -0.407 e. The fraction of sp³-hybridized carbons (Fsp3) is 0.385. The van der Waals surface area contributed by atoms with Gasteiger partial charge in [-0.15, -0.1) is 12.4 Å². The van der Waals surface area contributed by atoms with Crippen LogP contribution in [0.1, 0.15) is 12.8 Å². The predicted octanol–water partition coefficient (Wildman–Crippen LogP) is 0.780. The van der Waals surface area contributed by atoms with Gasteiger partial charge in [0.1, 0.15) is 0 Å². The molecule has 23 heavy (non-hydrogen) atoms. The van der Waals surface area contributed by atoms with Gasteiger partial charge in [0, 0.05) is 32.1 Å². The Bertz CT molecular complexity index is 754. The second-order valence-electron chi connectivity index (χ2n) is 4.67. The number of rotatable bonds is 7. The van der Waals surface area contributed by atoms with E-state index in [-0.39, 0.29) is 36.0 Å². The van der Waals surface area contributed by atoms with Crippen LogP contribution in [0.3, 0.4) is 0 Å². The quantitative estimate of drug-likeness (QED) is 0.563. The number of nitro groups is 1. The molecule has 0 bridgehead atoms. The van der Waals surface area contributed by atoms with Crippen molar-refractivity contribution in [3.63, 3.8) is 0 Å². The third kappa shape index (κ3) is 4.54. The molecule has 9 nitrogen and oxygen atoms in total. The molecule has 0 spiro atoms. The fourth-order valence-corrected chi connectivity index (χ4v) is 2.08. The van der Waals surface area contributed by atoms with Gasteiger partial charge < -0.3 is 15.5 Å². The molecule has 1 aromatic carbocycles. The first-order valence-corrected chi connectivity index (χ1v) is 6.77. The first kappa shape index (κ1) is 18.7. The van der Waals surface area contributed by atoms with Crippen LogP contribution in [0.15, 0.2) is 27.4 Å². The van der Waals surface area contributed by atoms with Gasteiger partial charge in [0.05, 0.1) is 16.5 Å². The molecule has 2 rings (SSSR count). The van der Waals surface area contributed by atoms with Crippen LogP contribution in [0.2, 0.25) is 0 Å². The Morgan fingerprint density at radius 1 is 1.43 bits per heavy atom. The van der Waals surface area contributed by atoms with Crippen LogP contribution in [-0.2, 0) is 11.3 Å². The molecule has 0 radical (unpaired) electrons. The van der Waals surface area contributed by atoms with Crippen LogP contribution in [-0.4, -0.2) is 28.5 Å². The highest BCUT2D eigenvalue weighted by Gasteiger charge is 2.14. The summed E-state index contributed by atoms with van der Waals surface area (Å²) in [4.78, 5) is 33.4. The monoisotopic (exact) mass is 344 g/mol. The van der Waals surface area contributed by atoms with Crippen molar-refractivity contribution in [2.24, 2.45) is 5.73 Å². The summed E-state index contributed by atoms with van der Waals surface area (Å²) < 4.78 is 6.35. The molecule has 2 aromatic rings.